The van der Waals surface area contributed by atoms with Crippen LogP contribution in [0.1, 0.15) is 15.9 Å². The number of benzene rings is 2. The fourth-order valence-electron chi connectivity index (χ4n) is 1.59. The van der Waals surface area contributed by atoms with Crippen LogP contribution in [0.3, 0.4) is 0 Å². The second-order valence-electron chi connectivity index (χ2n) is 3.88. The Morgan fingerprint density at radius 2 is 1.74 bits per heavy atom. The van der Waals surface area contributed by atoms with E-state index in [0.29, 0.717) is 5.56 Å². The third-order valence-corrected chi connectivity index (χ3v) is 3.40. The van der Waals surface area contributed by atoms with Gasteiger partial charge in [0.25, 0.3) is 5.91 Å². The van der Waals surface area contributed by atoms with Crippen LogP contribution in [-0.4, -0.2) is 5.91 Å². The van der Waals surface area contributed by atoms with Crippen LogP contribution < -0.4 is 5.32 Å². The van der Waals surface area contributed by atoms with Crippen LogP contribution in [0.25, 0.3) is 0 Å². The number of carbonyl (C=O) groups is 1. The lowest BCUT2D eigenvalue weighted by atomic mass is 10.2. The number of nitrogens with one attached hydrogen (secondary N) is 1. The predicted molar refractivity (Wildman–Crippen MR) is 71.7 cm³/mol. The first-order chi connectivity index (χ1) is 9.09. The molecule has 0 atom stereocenters. The molecule has 2 aromatic carbocycles. The molecule has 0 bridgehead atoms. The molecule has 0 spiro atoms. The molecule has 1 N–H and O–H groups in total. The van der Waals surface area contributed by atoms with E-state index >= 15 is 0 Å². The van der Waals surface area contributed by atoms with E-state index in [9.17, 15) is 13.6 Å². The molecule has 19 heavy (non-hydrogen) atoms. The molecule has 0 heterocycles. The number of rotatable bonds is 3. The third-order valence-electron chi connectivity index (χ3n) is 2.59. The van der Waals surface area contributed by atoms with Crippen molar-refractivity contribution >= 4 is 21.8 Å². The van der Waals surface area contributed by atoms with Gasteiger partial charge in [-0.05, 0) is 34.1 Å². The van der Waals surface area contributed by atoms with E-state index in [4.69, 9.17) is 0 Å². The molecule has 2 rings (SSSR count). The number of carbonyl (C=O) groups excluding carboxylic acids is 1. The Labute approximate surface area is 117 Å². The minimum Gasteiger partial charge on any atom is -0.348 e. The lowest BCUT2D eigenvalue weighted by Gasteiger charge is -2.08. The van der Waals surface area contributed by atoms with Gasteiger partial charge in [-0.1, -0.05) is 24.3 Å². The fourth-order valence-corrected chi connectivity index (χ4v) is 2.04. The summed E-state index contributed by atoms with van der Waals surface area (Å²) in [5.74, 6) is -1.37. The Bertz CT molecular complexity index is 616. The summed E-state index contributed by atoms with van der Waals surface area (Å²) in [5.41, 5.74) is 0.555. The lowest BCUT2D eigenvalue weighted by molar-refractivity contribution is 0.0949. The summed E-state index contributed by atoms with van der Waals surface area (Å²) in [6.45, 7) is 0.0501. The van der Waals surface area contributed by atoms with Crippen molar-refractivity contribution in [2.75, 3.05) is 0 Å². The molecule has 1 amide bonds. The first-order valence-corrected chi connectivity index (χ1v) is 6.34. The highest BCUT2D eigenvalue weighted by Gasteiger charge is 2.13. The molecule has 0 aromatic heterocycles. The molecule has 0 aliphatic heterocycles. The van der Waals surface area contributed by atoms with Gasteiger partial charge in [0, 0.05) is 12.1 Å². The maximum Gasteiger partial charge on any atom is 0.252 e. The number of hydrogen-bond acceptors (Lipinski definition) is 1. The molecular weight excluding hydrogens is 316 g/mol. The van der Waals surface area contributed by atoms with Gasteiger partial charge < -0.3 is 5.32 Å². The molecule has 0 saturated heterocycles. The van der Waals surface area contributed by atoms with Gasteiger partial charge in [-0.3, -0.25) is 4.79 Å². The SMILES string of the molecule is O=C(NCc1ccccc1F)c1cccc(F)c1Br. The summed E-state index contributed by atoms with van der Waals surface area (Å²) in [5, 5.41) is 2.55. The van der Waals surface area contributed by atoms with Crippen LogP contribution in [0, 0.1) is 11.6 Å². The van der Waals surface area contributed by atoms with Crippen molar-refractivity contribution in [3.05, 3.63) is 69.7 Å². The Balaban J connectivity index is 2.10. The number of halogens is 3. The Hall–Kier alpha value is -1.75. The molecule has 5 heteroatoms. The van der Waals surface area contributed by atoms with Crippen molar-refractivity contribution < 1.29 is 13.6 Å². The molecule has 0 aliphatic rings. The summed E-state index contributed by atoms with van der Waals surface area (Å²) >= 11 is 3.01. The Morgan fingerprint density at radius 1 is 1.05 bits per heavy atom. The van der Waals surface area contributed by atoms with Gasteiger partial charge in [0.05, 0.1) is 10.0 Å². The predicted octanol–water partition coefficient (Wildman–Crippen LogP) is 3.66. The largest absolute Gasteiger partial charge is 0.348 e. The van der Waals surface area contributed by atoms with Crippen molar-refractivity contribution in [1.29, 1.82) is 0 Å². The smallest absolute Gasteiger partial charge is 0.252 e. The van der Waals surface area contributed by atoms with Gasteiger partial charge in [-0.15, -0.1) is 0 Å². The molecule has 0 aliphatic carbocycles. The molecule has 0 saturated carbocycles. The zero-order valence-corrected chi connectivity index (χ0v) is 11.4. The van der Waals surface area contributed by atoms with Crippen LogP contribution in [0.2, 0.25) is 0 Å². The van der Waals surface area contributed by atoms with Crippen molar-refractivity contribution in [1.82, 2.24) is 5.32 Å². The molecule has 0 fully saturated rings. The Kier molecular flexibility index (Phi) is 4.27. The maximum absolute atomic E-state index is 13.4. The summed E-state index contributed by atoms with van der Waals surface area (Å²) in [6.07, 6.45) is 0. The zero-order chi connectivity index (χ0) is 13.8. The number of hydrogen-bond donors (Lipinski definition) is 1. The average Bonchev–Trinajstić information content (AvgIpc) is 2.40. The van der Waals surface area contributed by atoms with Crippen LogP contribution in [-0.2, 0) is 6.54 Å². The first-order valence-electron chi connectivity index (χ1n) is 5.55. The van der Waals surface area contributed by atoms with Crippen LogP contribution in [0.5, 0.6) is 0 Å². The first kappa shape index (κ1) is 13.7. The van der Waals surface area contributed by atoms with E-state index in [0.717, 1.165) is 0 Å². The molecule has 2 nitrogen and oxygen atoms in total. The van der Waals surface area contributed by atoms with E-state index in [1.165, 1.54) is 24.3 Å². The van der Waals surface area contributed by atoms with Gasteiger partial charge in [-0.2, -0.15) is 0 Å². The van der Waals surface area contributed by atoms with E-state index in [1.807, 2.05) is 0 Å². The molecule has 0 unspecified atom stereocenters. The van der Waals surface area contributed by atoms with Crippen LogP contribution >= 0.6 is 15.9 Å². The monoisotopic (exact) mass is 325 g/mol. The van der Waals surface area contributed by atoms with Crippen molar-refractivity contribution in [2.24, 2.45) is 0 Å². The van der Waals surface area contributed by atoms with Crippen LogP contribution in [0.15, 0.2) is 46.9 Å². The third kappa shape index (κ3) is 3.17. The normalized spacial score (nSPS) is 10.3. The summed E-state index contributed by atoms with van der Waals surface area (Å²) in [4.78, 5) is 11.9. The number of amides is 1. The van der Waals surface area contributed by atoms with Gasteiger partial charge in [0.15, 0.2) is 0 Å². The zero-order valence-electron chi connectivity index (χ0n) is 9.79. The highest BCUT2D eigenvalue weighted by atomic mass is 79.9. The quantitative estimate of drug-likeness (QED) is 0.916. The van der Waals surface area contributed by atoms with E-state index < -0.39 is 11.7 Å². The van der Waals surface area contributed by atoms with Crippen molar-refractivity contribution in [2.45, 2.75) is 6.54 Å². The summed E-state index contributed by atoms with van der Waals surface area (Å²) in [6, 6.07) is 10.3. The van der Waals surface area contributed by atoms with Gasteiger partial charge in [0.1, 0.15) is 11.6 Å². The molecule has 98 valence electrons. The van der Waals surface area contributed by atoms with E-state index in [1.54, 1.807) is 18.2 Å². The van der Waals surface area contributed by atoms with Gasteiger partial charge in [0.2, 0.25) is 0 Å². The minimum atomic E-state index is -0.515. The molecule has 0 radical (unpaired) electrons. The summed E-state index contributed by atoms with van der Waals surface area (Å²) in [7, 11) is 0. The van der Waals surface area contributed by atoms with Crippen molar-refractivity contribution in [3.63, 3.8) is 0 Å². The second-order valence-corrected chi connectivity index (χ2v) is 4.67. The van der Waals surface area contributed by atoms with Gasteiger partial charge in [-0.25, -0.2) is 8.78 Å². The Morgan fingerprint density at radius 3 is 2.47 bits per heavy atom. The van der Waals surface area contributed by atoms with Gasteiger partial charge >= 0.3 is 0 Å². The topological polar surface area (TPSA) is 29.1 Å². The molecule has 2 aromatic rings. The molecular formula is C14H10BrF2NO. The maximum atomic E-state index is 13.4. The fraction of sp³-hybridized carbons (Fsp3) is 0.0714. The summed E-state index contributed by atoms with van der Waals surface area (Å²) < 4.78 is 26.7. The highest BCUT2D eigenvalue weighted by molar-refractivity contribution is 9.10. The van der Waals surface area contributed by atoms with Crippen LogP contribution in [0.4, 0.5) is 8.78 Å². The standard InChI is InChI=1S/C14H10BrF2NO/c15-13-10(5-3-7-12(13)17)14(19)18-8-9-4-1-2-6-11(9)16/h1-7H,8H2,(H,18,19). The van der Waals surface area contributed by atoms with Crippen molar-refractivity contribution in [3.8, 4) is 0 Å². The van der Waals surface area contributed by atoms with E-state index in [2.05, 4.69) is 21.2 Å². The average molecular weight is 326 g/mol. The highest BCUT2D eigenvalue weighted by Crippen LogP contribution is 2.20. The second kappa shape index (κ2) is 5.93. The minimum absolute atomic E-state index is 0.0501. The van der Waals surface area contributed by atoms with E-state index in [-0.39, 0.29) is 22.4 Å². The lowest BCUT2D eigenvalue weighted by Crippen LogP contribution is -2.23.